The number of anilines is 1. The van der Waals surface area contributed by atoms with E-state index in [1.54, 1.807) is 31.2 Å². The fourth-order valence-electron chi connectivity index (χ4n) is 3.68. The molecule has 0 aromatic heterocycles. The van der Waals surface area contributed by atoms with Gasteiger partial charge in [-0.05, 0) is 60.9 Å². The van der Waals surface area contributed by atoms with Crippen LogP contribution < -0.4 is 21.1 Å². The zero-order valence-electron chi connectivity index (χ0n) is 21.6. The quantitative estimate of drug-likeness (QED) is 0.296. The molecule has 0 saturated carbocycles. The lowest BCUT2D eigenvalue weighted by Gasteiger charge is -2.19. The molecule has 2 atom stereocenters. The summed E-state index contributed by atoms with van der Waals surface area (Å²) < 4.78 is 5.83. The Morgan fingerprint density at radius 3 is 2.13 bits per heavy atom. The Morgan fingerprint density at radius 1 is 0.868 bits per heavy atom. The van der Waals surface area contributed by atoms with Crippen LogP contribution in [0.25, 0.3) is 0 Å². The van der Waals surface area contributed by atoms with Gasteiger partial charge in [-0.25, -0.2) is 0 Å². The highest BCUT2D eigenvalue weighted by Gasteiger charge is 2.22. The monoisotopic (exact) mass is 515 g/mol. The van der Waals surface area contributed by atoms with Gasteiger partial charge < -0.3 is 21.1 Å². The molecule has 198 valence electrons. The Balaban J connectivity index is 1.67. The summed E-state index contributed by atoms with van der Waals surface area (Å²) in [6, 6.07) is 22.8. The number of nitrogens with two attached hydrogens (primary N) is 1. The number of hydrogen-bond acceptors (Lipinski definition) is 5. The van der Waals surface area contributed by atoms with E-state index in [1.165, 1.54) is 6.92 Å². The van der Waals surface area contributed by atoms with Crippen LogP contribution in [0.5, 0.6) is 5.75 Å². The highest BCUT2D eigenvalue weighted by Crippen LogP contribution is 2.17. The lowest BCUT2D eigenvalue weighted by atomic mass is 10.0. The number of ketones is 1. The van der Waals surface area contributed by atoms with E-state index in [0.29, 0.717) is 23.6 Å². The second kappa shape index (κ2) is 13.7. The van der Waals surface area contributed by atoms with Gasteiger partial charge >= 0.3 is 0 Å². The van der Waals surface area contributed by atoms with E-state index in [1.807, 2.05) is 54.6 Å². The van der Waals surface area contributed by atoms with Gasteiger partial charge in [-0.15, -0.1) is 0 Å². The summed E-state index contributed by atoms with van der Waals surface area (Å²) in [5, 5.41) is 5.59. The predicted molar refractivity (Wildman–Crippen MR) is 146 cm³/mol. The number of carbonyl (C=O) groups is 4. The van der Waals surface area contributed by atoms with Crippen molar-refractivity contribution in [3.05, 3.63) is 95.6 Å². The molecular formula is C30H33N3O5. The number of rotatable bonds is 13. The maximum atomic E-state index is 13.2. The van der Waals surface area contributed by atoms with Gasteiger partial charge in [0, 0.05) is 30.0 Å². The lowest BCUT2D eigenvalue weighted by Crippen LogP contribution is -2.45. The van der Waals surface area contributed by atoms with E-state index >= 15 is 0 Å². The van der Waals surface area contributed by atoms with Gasteiger partial charge in [-0.3, -0.25) is 19.2 Å². The summed E-state index contributed by atoms with van der Waals surface area (Å²) >= 11 is 0. The Bertz CT molecular complexity index is 1240. The van der Waals surface area contributed by atoms with Crippen molar-refractivity contribution in [2.75, 3.05) is 5.32 Å². The summed E-state index contributed by atoms with van der Waals surface area (Å²) in [6.45, 7) is 3.57. The van der Waals surface area contributed by atoms with Gasteiger partial charge in [0.05, 0.1) is 0 Å². The van der Waals surface area contributed by atoms with Gasteiger partial charge in [0.15, 0.2) is 5.78 Å². The molecule has 0 aliphatic carbocycles. The predicted octanol–water partition coefficient (Wildman–Crippen LogP) is 4.04. The van der Waals surface area contributed by atoms with Crippen molar-refractivity contribution < 1.29 is 23.9 Å². The molecule has 8 heteroatoms. The van der Waals surface area contributed by atoms with Crippen LogP contribution in [0.1, 0.15) is 48.2 Å². The molecule has 3 amide bonds. The molecule has 0 saturated heterocycles. The normalized spacial score (nSPS) is 12.2. The standard InChI is InChI=1S/C30H33N3O5/c1-20(29(31)36)8-17-28(35)33-27(30(37)32-25-13-11-24(12-14-25)21(2)34)18-22-9-15-26(16-10-22)38-19-23-6-4-3-5-7-23/h3-7,9-16,20,27H,8,17-19H2,1-2H3,(H2,31,36)(H,32,37)(H,33,35). The number of primary amides is 1. The van der Waals surface area contributed by atoms with E-state index in [9.17, 15) is 19.2 Å². The SMILES string of the molecule is CC(=O)c1ccc(NC(=O)C(Cc2ccc(OCc3ccccc3)cc2)NC(=O)CCC(C)C(N)=O)cc1. The molecule has 38 heavy (non-hydrogen) atoms. The number of amides is 3. The molecule has 0 aliphatic heterocycles. The van der Waals surface area contributed by atoms with Crippen LogP contribution in [0.2, 0.25) is 0 Å². The first-order valence-electron chi connectivity index (χ1n) is 12.5. The van der Waals surface area contributed by atoms with Gasteiger partial charge in [0.2, 0.25) is 17.7 Å². The third kappa shape index (κ3) is 8.89. The maximum absolute atomic E-state index is 13.2. The number of hydrogen-bond donors (Lipinski definition) is 3. The van der Waals surface area contributed by atoms with Gasteiger partial charge in [0.25, 0.3) is 0 Å². The largest absolute Gasteiger partial charge is 0.489 e. The minimum atomic E-state index is -0.866. The second-order valence-electron chi connectivity index (χ2n) is 9.21. The van der Waals surface area contributed by atoms with Gasteiger partial charge in [0.1, 0.15) is 18.4 Å². The van der Waals surface area contributed by atoms with Gasteiger partial charge in [-0.2, -0.15) is 0 Å². The number of benzene rings is 3. The Morgan fingerprint density at radius 2 is 1.53 bits per heavy atom. The van der Waals surface area contributed by atoms with Crippen molar-refractivity contribution in [1.82, 2.24) is 5.32 Å². The molecule has 8 nitrogen and oxygen atoms in total. The van der Waals surface area contributed by atoms with Crippen molar-refractivity contribution in [3.8, 4) is 5.75 Å². The summed E-state index contributed by atoms with van der Waals surface area (Å²) in [5.41, 5.74) is 8.21. The first-order chi connectivity index (χ1) is 18.2. The average Bonchev–Trinajstić information content (AvgIpc) is 2.91. The Kier molecular flexibility index (Phi) is 10.2. The molecule has 3 aromatic rings. The van der Waals surface area contributed by atoms with Crippen LogP contribution in [0.4, 0.5) is 5.69 Å². The van der Waals surface area contributed by atoms with Crippen LogP contribution in [-0.2, 0) is 27.4 Å². The maximum Gasteiger partial charge on any atom is 0.247 e. The van der Waals surface area contributed by atoms with E-state index in [2.05, 4.69) is 10.6 Å². The van der Waals surface area contributed by atoms with E-state index in [-0.39, 0.29) is 31.0 Å². The Labute approximate surface area is 222 Å². The third-order valence-corrected chi connectivity index (χ3v) is 6.11. The minimum absolute atomic E-state index is 0.0630. The zero-order chi connectivity index (χ0) is 27.5. The highest BCUT2D eigenvalue weighted by molar-refractivity contribution is 5.98. The van der Waals surface area contributed by atoms with Crippen molar-refractivity contribution in [1.29, 1.82) is 0 Å². The summed E-state index contributed by atoms with van der Waals surface area (Å²) in [4.78, 5) is 48.6. The summed E-state index contributed by atoms with van der Waals surface area (Å²) in [6.07, 6.45) is 0.594. The number of Topliss-reactive ketones (excluding diaryl/α,β-unsaturated/α-hetero) is 1. The van der Waals surface area contributed by atoms with Crippen molar-refractivity contribution in [3.63, 3.8) is 0 Å². The zero-order valence-corrected chi connectivity index (χ0v) is 21.6. The number of carbonyl (C=O) groups excluding carboxylic acids is 4. The van der Waals surface area contributed by atoms with Crippen LogP contribution in [0.3, 0.4) is 0 Å². The highest BCUT2D eigenvalue weighted by atomic mass is 16.5. The van der Waals surface area contributed by atoms with Crippen molar-refractivity contribution in [2.24, 2.45) is 11.7 Å². The molecule has 0 heterocycles. The van der Waals surface area contributed by atoms with Crippen molar-refractivity contribution >= 4 is 29.2 Å². The minimum Gasteiger partial charge on any atom is -0.489 e. The Hall–Kier alpha value is -4.46. The van der Waals surface area contributed by atoms with E-state index in [4.69, 9.17) is 10.5 Å². The second-order valence-corrected chi connectivity index (χ2v) is 9.21. The molecule has 0 bridgehead atoms. The first kappa shape index (κ1) is 28.1. The van der Waals surface area contributed by atoms with Crippen LogP contribution in [0, 0.1) is 5.92 Å². The van der Waals surface area contributed by atoms with Crippen LogP contribution in [-0.4, -0.2) is 29.5 Å². The molecule has 0 spiro atoms. The number of ether oxygens (including phenoxy) is 1. The van der Waals surface area contributed by atoms with Crippen molar-refractivity contribution in [2.45, 2.75) is 45.8 Å². The van der Waals surface area contributed by atoms with Crippen LogP contribution >= 0.6 is 0 Å². The fourth-order valence-corrected chi connectivity index (χ4v) is 3.68. The average molecular weight is 516 g/mol. The fraction of sp³-hybridized carbons (Fsp3) is 0.267. The summed E-state index contributed by atoms with van der Waals surface area (Å²) in [5.74, 6) is -1.07. The molecule has 3 aromatic carbocycles. The third-order valence-electron chi connectivity index (χ3n) is 6.11. The molecule has 2 unspecified atom stereocenters. The van der Waals surface area contributed by atoms with Gasteiger partial charge in [-0.1, -0.05) is 49.4 Å². The van der Waals surface area contributed by atoms with E-state index in [0.717, 1.165) is 11.1 Å². The first-order valence-corrected chi connectivity index (χ1v) is 12.5. The molecule has 0 aliphatic rings. The topological polar surface area (TPSA) is 128 Å². The smallest absolute Gasteiger partial charge is 0.247 e. The van der Waals surface area contributed by atoms with E-state index < -0.39 is 23.8 Å². The summed E-state index contributed by atoms with van der Waals surface area (Å²) in [7, 11) is 0. The number of nitrogens with one attached hydrogen (secondary N) is 2. The molecule has 0 fully saturated rings. The lowest BCUT2D eigenvalue weighted by molar-refractivity contribution is -0.127. The molecule has 0 radical (unpaired) electrons. The molecule has 4 N–H and O–H groups in total. The van der Waals surface area contributed by atoms with Crippen LogP contribution in [0.15, 0.2) is 78.9 Å². The molecule has 3 rings (SSSR count). The molecular weight excluding hydrogens is 482 g/mol.